The second-order valence-corrected chi connectivity index (χ2v) is 7.81. The molecule has 2 aromatic carbocycles. The smallest absolute Gasteiger partial charge is 0.261 e. The van der Waals surface area contributed by atoms with Gasteiger partial charge in [0.2, 0.25) is 5.91 Å². The number of amides is 2. The van der Waals surface area contributed by atoms with Gasteiger partial charge in [0.05, 0.1) is 4.47 Å². The number of hydrogen-bond donors (Lipinski definition) is 1. The molecule has 0 aliphatic carbocycles. The van der Waals surface area contributed by atoms with Gasteiger partial charge in [-0.25, -0.2) is 0 Å². The average Bonchev–Trinajstić information content (AvgIpc) is 2.72. The molecule has 0 aromatic heterocycles. The van der Waals surface area contributed by atoms with E-state index < -0.39 is 6.04 Å². The van der Waals surface area contributed by atoms with E-state index in [4.69, 9.17) is 4.74 Å². The van der Waals surface area contributed by atoms with Gasteiger partial charge in [0, 0.05) is 13.6 Å². The van der Waals surface area contributed by atoms with Crippen LogP contribution in [0.15, 0.2) is 46.9 Å². The molecule has 0 saturated heterocycles. The van der Waals surface area contributed by atoms with Gasteiger partial charge in [-0.2, -0.15) is 0 Å². The highest BCUT2D eigenvalue weighted by Crippen LogP contribution is 2.26. The van der Waals surface area contributed by atoms with Crippen molar-refractivity contribution in [2.24, 2.45) is 0 Å². The predicted molar refractivity (Wildman–Crippen MR) is 119 cm³/mol. The Morgan fingerprint density at radius 1 is 1.14 bits per heavy atom. The quantitative estimate of drug-likeness (QED) is 0.608. The summed E-state index contributed by atoms with van der Waals surface area (Å²) in [5.41, 5.74) is 3.27. The van der Waals surface area contributed by atoms with Gasteiger partial charge in [-0.15, -0.1) is 0 Å². The molecule has 5 nitrogen and oxygen atoms in total. The molecule has 2 rings (SSSR count). The number of rotatable bonds is 9. The lowest BCUT2D eigenvalue weighted by molar-refractivity contribution is -0.142. The Morgan fingerprint density at radius 3 is 2.48 bits per heavy atom. The van der Waals surface area contributed by atoms with E-state index in [0.29, 0.717) is 18.7 Å². The Morgan fingerprint density at radius 2 is 1.90 bits per heavy atom. The van der Waals surface area contributed by atoms with Gasteiger partial charge in [-0.1, -0.05) is 49.7 Å². The lowest BCUT2D eigenvalue weighted by Gasteiger charge is -2.30. The number of aryl methyl sites for hydroxylation is 2. The molecule has 1 unspecified atom stereocenters. The van der Waals surface area contributed by atoms with E-state index in [-0.39, 0.29) is 18.4 Å². The van der Waals surface area contributed by atoms with E-state index in [2.05, 4.69) is 28.2 Å². The topological polar surface area (TPSA) is 58.6 Å². The van der Waals surface area contributed by atoms with Crippen molar-refractivity contribution in [1.82, 2.24) is 10.2 Å². The summed E-state index contributed by atoms with van der Waals surface area (Å²) in [7, 11) is 1.59. The zero-order valence-corrected chi connectivity index (χ0v) is 19.1. The second-order valence-electron chi connectivity index (χ2n) is 6.96. The van der Waals surface area contributed by atoms with Crippen LogP contribution < -0.4 is 10.1 Å². The lowest BCUT2D eigenvalue weighted by Crippen LogP contribution is -2.49. The third-order valence-corrected chi connectivity index (χ3v) is 5.44. The van der Waals surface area contributed by atoms with Gasteiger partial charge in [0.25, 0.3) is 5.91 Å². The Kier molecular flexibility index (Phi) is 8.70. The Hall–Kier alpha value is -2.34. The van der Waals surface area contributed by atoms with Gasteiger partial charge in [0.1, 0.15) is 11.8 Å². The summed E-state index contributed by atoms with van der Waals surface area (Å²) in [5, 5.41) is 2.66. The highest BCUT2D eigenvalue weighted by Gasteiger charge is 2.28. The highest BCUT2D eigenvalue weighted by atomic mass is 79.9. The molecule has 0 fully saturated rings. The van der Waals surface area contributed by atoms with Crippen molar-refractivity contribution in [2.75, 3.05) is 13.7 Å². The number of halogens is 1. The molecule has 0 radical (unpaired) electrons. The summed E-state index contributed by atoms with van der Waals surface area (Å²) < 4.78 is 6.59. The van der Waals surface area contributed by atoms with Crippen LogP contribution in [0.4, 0.5) is 0 Å². The molecule has 6 heteroatoms. The maximum Gasteiger partial charge on any atom is 0.261 e. The van der Waals surface area contributed by atoms with Crippen LogP contribution in [0.5, 0.6) is 5.75 Å². The van der Waals surface area contributed by atoms with Crippen molar-refractivity contribution < 1.29 is 14.3 Å². The largest absolute Gasteiger partial charge is 0.483 e. The Labute approximate surface area is 181 Å². The molecule has 156 valence electrons. The van der Waals surface area contributed by atoms with Crippen molar-refractivity contribution in [3.05, 3.63) is 63.6 Å². The van der Waals surface area contributed by atoms with E-state index >= 15 is 0 Å². The summed E-state index contributed by atoms with van der Waals surface area (Å²) in [6.45, 7) is 6.21. The van der Waals surface area contributed by atoms with E-state index in [1.165, 1.54) is 5.56 Å². The van der Waals surface area contributed by atoms with Crippen molar-refractivity contribution in [3.8, 4) is 5.75 Å². The summed E-state index contributed by atoms with van der Waals surface area (Å²) in [6, 6.07) is 13.2. The van der Waals surface area contributed by atoms with Crippen LogP contribution in [0.1, 0.15) is 37.0 Å². The van der Waals surface area contributed by atoms with Crippen LogP contribution in [0.2, 0.25) is 0 Å². The standard InChI is InChI=1S/C23H29BrN2O3/c1-5-17-10-11-21(19(24)13-17)29-15-22(27)26(20(6-2)23(28)25-4)14-18-9-7-8-16(3)12-18/h7-13,20H,5-6,14-15H2,1-4H3,(H,25,28). The number of carbonyl (C=O) groups is 2. The molecule has 1 N–H and O–H groups in total. The number of hydrogen-bond acceptors (Lipinski definition) is 3. The van der Waals surface area contributed by atoms with E-state index in [9.17, 15) is 9.59 Å². The lowest BCUT2D eigenvalue weighted by atomic mass is 10.1. The van der Waals surface area contributed by atoms with Gasteiger partial charge < -0.3 is 15.0 Å². The fourth-order valence-electron chi connectivity index (χ4n) is 3.20. The number of nitrogens with zero attached hydrogens (tertiary/aromatic N) is 1. The monoisotopic (exact) mass is 460 g/mol. The van der Waals surface area contributed by atoms with Crippen molar-refractivity contribution in [1.29, 1.82) is 0 Å². The molecule has 1 atom stereocenters. The highest BCUT2D eigenvalue weighted by molar-refractivity contribution is 9.10. The first-order valence-corrected chi connectivity index (χ1v) is 10.7. The van der Waals surface area contributed by atoms with Crippen LogP contribution in [-0.2, 0) is 22.6 Å². The summed E-state index contributed by atoms with van der Waals surface area (Å²) in [4.78, 5) is 27.1. The second kappa shape index (κ2) is 11.0. The zero-order chi connectivity index (χ0) is 21.4. The van der Waals surface area contributed by atoms with E-state index in [1.54, 1.807) is 11.9 Å². The molecule has 0 spiro atoms. The maximum absolute atomic E-state index is 13.1. The summed E-state index contributed by atoms with van der Waals surface area (Å²) >= 11 is 3.50. The van der Waals surface area contributed by atoms with E-state index in [1.807, 2.05) is 56.3 Å². The molecule has 29 heavy (non-hydrogen) atoms. The van der Waals surface area contributed by atoms with Crippen molar-refractivity contribution >= 4 is 27.7 Å². The number of carbonyl (C=O) groups excluding carboxylic acids is 2. The normalized spacial score (nSPS) is 11.6. The van der Waals surface area contributed by atoms with Gasteiger partial charge in [-0.3, -0.25) is 9.59 Å². The Balaban J connectivity index is 2.20. The minimum atomic E-state index is -0.553. The number of likely N-dealkylation sites (N-methyl/N-ethyl adjacent to an activating group) is 1. The summed E-state index contributed by atoms with van der Waals surface area (Å²) in [5.74, 6) is 0.203. The minimum absolute atomic E-state index is 0.136. The molecule has 0 bridgehead atoms. The first kappa shape index (κ1) is 22.9. The van der Waals surface area contributed by atoms with Gasteiger partial charge >= 0.3 is 0 Å². The van der Waals surface area contributed by atoms with Gasteiger partial charge in [-0.05, 0) is 59.0 Å². The SMILES string of the molecule is CCc1ccc(OCC(=O)N(Cc2cccc(C)c2)C(CC)C(=O)NC)c(Br)c1. The van der Waals surface area contributed by atoms with Crippen LogP contribution in [0.25, 0.3) is 0 Å². The molecule has 2 aromatic rings. The fourth-order valence-corrected chi connectivity index (χ4v) is 3.74. The Bertz CT molecular complexity index is 854. The van der Waals surface area contributed by atoms with Crippen LogP contribution >= 0.6 is 15.9 Å². The first-order valence-electron chi connectivity index (χ1n) is 9.87. The van der Waals surface area contributed by atoms with Crippen molar-refractivity contribution in [2.45, 2.75) is 46.2 Å². The fraction of sp³-hybridized carbons (Fsp3) is 0.391. The van der Waals surface area contributed by atoms with Crippen molar-refractivity contribution in [3.63, 3.8) is 0 Å². The summed E-state index contributed by atoms with van der Waals surface area (Å²) in [6.07, 6.45) is 1.44. The molecule has 0 heterocycles. The molecule has 0 aliphatic heterocycles. The van der Waals surface area contributed by atoms with Crippen LogP contribution in [-0.4, -0.2) is 36.4 Å². The third kappa shape index (κ3) is 6.32. The molecule has 0 aliphatic rings. The average molecular weight is 461 g/mol. The zero-order valence-electron chi connectivity index (χ0n) is 17.5. The molecular formula is C23H29BrN2O3. The first-order chi connectivity index (χ1) is 13.9. The number of ether oxygens (including phenoxy) is 1. The molecular weight excluding hydrogens is 432 g/mol. The predicted octanol–water partition coefficient (Wildman–Crippen LogP) is 4.25. The third-order valence-electron chi connectivity index (χ3n) is 4.82. The minimum Gasteiger partial charge on any atom is -0.483 e. The van der Waals surface area contributed by atoms with Gasteiger partial charge in [0.15, 0.2) is 6.61 Å². The number of nitrogens with one attached hydrogen (secondary N) is 1. The number of benzene rings is 2. The maximum atomic E-state index is 13.1. The molecule has 2 amide bonds. The molecule has 0 saturated carbocycles. The van der Waals surface area contributed by atoms with Crippen LogP contribution in [0, 0.1) is 6.92 Å². The van der Waals surface area contributed by atoms with Crippen LogP contribution in [0.3, 0.4) is 0 Å². The van der Waals surface area contributed by atoms with E-state index in [0.717, 1.165) is 22.0 Å².